The van der Waals surface area contributed by atoms with E-state index >= 15 is 0 Å². The van der Waals surface area contributed by atoms with Crippen LogP contribution in [0.15, 0.2) is 30.3 Å². The van der Waals surface area contributed by atoms with Gasteiger partial charge in [-0.3, -0.25) is 4.79 Å². The first kappa shape index (κ1) is 12.7. The van der Waals surface area contributed by atoms with Gasteiger partial charge in [-0.25, -0.2) is 0 Å². The summed E-state index contributed by atoms with van der Waals surface area (Å²) in [6.07, 6.45) is 2.01. The van der Waals surface area contributed by atoms with Crippen molar-refractivity contribution in [2.24, 2.45) is 0 Å². The van der Waals surface area contributed by atoms with Gasteiger partial charge in [-0.2, -0.15) is 0 Å². The van der Waals surface area contributed by atoms with Gasteiger partial charge in [-0.15, -0.1) is 0 Å². The molecule has 1 N–H and O–H groups in total. The Labute approximate surface area is 115 Å². The van der Waals surface area contributed by atoms with Crippen LogP contribution in [0.3, 0.4) is 0 Å². The van der Waals surface area contributed by atoms with Crippen LogP contribution in [0.25, 0.3) is 0 Å². The Hall–Kier alpha value is -1.35. The molecule has 2 fully saturated rings. The molecule has 0 radical (unpaired) electrons. The summed E-state index contributed by atoms with van der Waals surface area (Å²) in [4.78, 5) is 14.9. The van der Waals surface area contributed by atoms with Gasteiger partial charge in [0.2, 0.25) is 5.91 Å². The number of rotatable bonds is 2. The highest BCUT2D eigenvalue weighted by Gasteiger charge is 2.53. The number of carbonyl (C=O) groups excluding carboxylic acids is 1. The first-order valence-corrected chi connectivity index (χ1v) is 7.23. The zero-order chi connectivity index (χ0) is 13.5. The molecular formula is C16H22N2O. The molecule has 1 aromatic rings. The van der Waals surface area contributed by atoms with Crippen LogP contribution in [0.5, 0.6) is 0 Å². The van der Waals surface area contributed by atoms with Crippen LogP contribution < -0.4 is 5.32 Å². The van der Waals surface area contributed by atoms with E-state index in [1.165, 1.54) is 5.56 Å². The average molecular weight is 258 g/mol. The Bertz CT molecular complexity index is 457. The molecule has 2 aliphatic rings. The van der Waals surface area contributed by atoms with Gasteiger partial charge in [-0.1, -0.05) is 30.3 Å². The molecule has 0 bridgehead atoms. The minimum absolute atomic E-state index is 0.210. The predicted molar refractivity (Wildman–Crippen MR) is 76.0 cm³/mol. The van der Waals surface area contributed by atoms with Gasteiger partial charge in [0.25, 0.3) is 0 Å². The second-order valence-corrected chi connectivity index (χ2v) is 6.13. The van der Waals surface area contributed by atoms with Crippen molar-refractivity contribution < 1.29 is 4.79 Å². The zero-order valence-electron chi connectivity index (χ0n) is 11.7. The maximum atomic E-state index is 12.9. The van der Waals surface area contributed by atoms with Crippen molar-refractivity contribution in [3.8, 4) is 0 Å². The largest absolute Gasteiger partial charge is 0.339 e. The third-order valence-electron chi connectivity index (χ3n) is 4.33. The number of hydrogen-bond donors (Lipinski definition) is 1. The number of carbonyl (C=O) groups is 1. The van der Waals surface area contributed by atoms with Crippen molar-refractivity contribution in [1.29, 1.82) is 0 Å². The monoisotopic (exact) mass is 258 g/mol. The summed E-state index contributed by atoms with van der Waals surface area (Å²) in [6, 6.07) is 11.1. The van der Waals surface area contributed by atoms with Crippen molar-refractivity contribution in [3.05, 3.63) is 35.9 Å². The van der Waals surface area contributed by atoms with Crippen LogP contribution in [0.4, 0.5) is 0 Å². The van der Waals surface area contributed by atoms with Crippen LogP contribution in [0.2, 0.25) is 0 Å². The van der Waals surface area contributed by atoms with E-state index in [-0.39, 0.29) is 5.41 Å². The molecule has 3 heteroatoms. The molecule has 2 atom stereocenters. The minimum Gasteiger partial charge on any atom is -0.339 e. The van der Waals surface area contributed by atoms with E-state index in [4.69, 9.17) is 0 Å². The molecule has 1 aromatic carbocycles. The van der Waals surface area contributed by atoms with Crippen LogP contribution in [0.1, 0.15) is 32.3 Å². The highest BCUT2D eigenvalue weighted by Crippen LogP contribution is 2.49. The number of amides is 1. The van der Waals surface area contributed by atoms with E-state index in [0.717, 1.165) is 25.9 Å². The lowest BCUT2D eigenvalue weighted by molar-refractivity contribution is -0.135. The Morgan fingerprint density at radius 3 is 2.26 bits per heavy atom. The van der Waals surface area contributed by atoms with E-state index in [1.54, 1.807) is 0 Å². The first-order valence-electron chi connectivity index (χ1n) is 7.23. The quantitative estimate of drug-likeness (QED) is 0.879. The normalized spacial score (nSPS) is 29.1. The lowest BCUT2D eigenvalue weighted by atomic mass is 9.93. The molecule has 3 rings (SSSR count). The Kier molecular flexibility index (Phi) is 3.09. The molecule has 0 aromatic heterocycles. The maximum Gasteiger partial charge on any atom is 0.233 e. The van der Waals surface area contributed by atoms with Crippen LogP contribution in [0, 0.1) is 0 Å². The van der Waals surface area contributed by atoms with Crippen LogP contribution in [-0.4, -0.2) is 36.0 Å². The molecule has 2 unspecified atom stereocenters. The fourth-order valence-electron chi connectivity index (χ4n) is 3.30. The van der Waals surface area contributed by atoms with Gasteiger partial charge in [0.1, 0.15) is 0 Å². The molecule has 3 nitrogen and oxygen atoms in total. The molecule has 1 saturated carbocycles. The number of benzene rings is 1. The van der Waals surface area contributed by atoms with Gasteiger partial charge in [-0.05, 0) is 32.3 Å². The van der Waals surface area contributed by atoms with Gasteiger partial charge in [0.05, 0.1) is 5.41 Å². The Balaban J connectivity index is 1.80. The van der Waals surface area contributed by atoms with Gasteiger partial charge in [0.15, 0.2) is 0 Å². The van der Waals surface area contributed by atoms with Crippen molar-refractivity contribution in [2.45, 2.75) is 44.2 Å². The second-order valence-electron chi connectivity index (χ2n) is 6.13. The van der Waals surface area contributed by atoms with Crippen molar-refractivity contribution in [1.82, 2.24) is 10.2 Å². The number of piperazine rings is 1. The van der Waals surface area contributed by atoms with E-state index in [1.807, 2.05) is 18.2 Å². The average Bonchev–Trinajstić information content (AvgIpc) is 3.19. The highest BCUT2D eigenvalue weighted by atomic mass is 16.2. The first-order chi connectivity index (χ1) is 9.12. The standard InChI is InChI=1S/C16H22N2O/c1-12-10-18(11-13(2)17-12)15(19)16(8-9-16)14-6-4-3-5-7-14/h3-7,12-13,17H,8-11H2,1-2H3. The van der Waals surface area contributed by atoms with E-state index in [0.29, 0.717) is 18.0 Å². The summed E-state index contributed by atoms with van der Waals surface area (Å²) in [6.45, 7) is 5.96. The number of nitrogens with zero attached hydrogens (tertiary/aromatic N) is 1. The molecule has 1 aliphatic heterocycles. The van der Waals surface area contributed by atoms with Gasteiger partial charge < -0.3 is 10.2 Å². The highest BCUT2D eigenvalue weighted by molar-refractivity contribution is 5.91. The Morgan fingerprint density at radius 2 is 1.74 bits per heavy atom. The zero-order valence-corrected chi connectivity index (χ0v) is 11.7. The van der Waals surface area contributed by atoms with Crippen molar-refractivity contribution in [2.75, 3.05) is 13.1 Å². The second kappa shape index (κ2) is 4.64. The smallest absolute Gasteiger partial charge is 0.233 e. The topological polar surface area (TPSA) is 32.3 Å². The summed E-state index contributed by atoms with van der Waals surface area (Å²) in [5.41, 5.74) is 0.983. The molecule has 1 heterocycles. The summed E-state index contributed by atoms with van der Waals surface area (Å²) in [7, 11) is 0. The number of hydrogen-bond acceptors (Lipinski definition) is 2. The third kappa shape index (κ3) is 2.27. The lowest BCUT2D eigenvalue weighted by Gasteiger charge is -2.38. The third-order valence-corrected chi connectivity index (χ3v) is 4.33. The van der Waals surface area contributed by atoms with E-state index in [9.17, 15) is 4.79 Å². The Morgan fingerprint density at radius 1 is 1.16 bits per heavy atom. The molecule has 0 spiro atoms. The van der Waals surface area contributed by atoms with Gasteiger partial charge in [0, 0.05) is 25.2 Å². The van der Waals surface area contributed by atoms with Gasteiger partial charge >= 0.3 is 0 Å². The van der Waals surface area contributed by atoms with Crippen molar-refractivity contribution >= 4 is 5.91 Å². The minimum atomic E-state index is -0.210. The maximum absolute atomic E-state index is 12.9. The summed E-state index contributed by atoms with van der Waals surface area (Å²) >= 11 is 0. The summed E-state index contributed by atoms with van der Waals surface area (Å²) < 4.78 is 0. The van der Waals surface area contributed by atoms with E-state index in [2.05, 4.69) is 36.2 Å². The molecule has 19 heavy (non-hydrogen) atoms. The molecule has 1 amide bonds. The lowest BCUT2D eigenvalue weighted by Crippen LogP contribution is -2.57. The van der Waals surface area contributed by atoms with Crippen LogP contribution in [-0.2, 0) is 10.2 Å². The van der Waals surface area contributed by atoms with Crippen LogP contribution >= 0.6 is 0 Å². The SMILES string of the molecule is CC1CN(C(=O)C2(c3ccccc3)CC2)CC(C)N1. The summed E-state index contributed by atoms with van der Waals surface area (Å²) in [5, 5.41) is 3.48. The molecule has 1 aliphatic carbocycles. The fraction of sp³-hybridized carbons (Fsp3) is 0.562. The van der Waals surface area contributed by atoms with Crippen molar-refractivity contribution in [3.63, 3.8) is 0 Å². The summed E-state index contributed by atoms with van der Waals surface area (Å²) in [5.74, 6) is 0.332. The molecular weight excluding hydrogens is 236 g/mol. The fourth-order valence-corrected chi connectivity index (χ4v) is 3.30. The molecule has 102 valence electrons. The predicted octanol–water partition coefficient (Wildman–Crippen LogP) is 1.93. The number of nitrogens with one attached hydrogen (secondary N) is 1. The van der Waals surface area contributed by atoms with E-state index < -0.39 is 0 Å². The molecule has 1 saturated heterocycles.